The second-order valence-electron chi connectivity index (χ2n) is 0.983. The summed E-state index contributed by atoms with van der Waals surface area (Å²) in [6, 6.07) is 0. The fourth-order valence-corrected chi connectivity index (χ4v) is 0. The number of hydrogen-bond acceptors (Lipinski definition) is 4. The zero-order valence-electron chi connectivity index (χ0n) is 4.99. The van der Waals surface area contributed by atoms with Crippen molar-refractivity contribution in [3.8, 4) is 0 Å². The minimum atomic E-state index is -1.08. The second kappa shape index (κ2) is 15.8. The number of carboxylic acid groups (broad SMARTS) is 2. The van der Waals surface area contributed by atoms with Crippen molar-refractivity contribution in [2.75, 3.05) is 0 Å². The van der Waals surface area contributed by atoms with Crippen molar-refractivity contribution in [3.05, 3.63) is 0 Å². The van der Waals surface area contributed by atoms with Gasteiger partial charge >= 0.3 is 17.1 Å². The number of hydrogen-bond donors (Lipinski definition) is 0. The molecule has 0 amide bonds. The van der Waals surface area contributed by atoms with Crippen LogP contribution in [0.2, 0.25) is 0 Å². The largest absolute Gasteiger partial charge is 2.00 e. The Labute approximate surface area is 70.7 Å². The van der Waals surface area contributed by atoms with E-state index in [0.717, 1.165) is 13.8 Å². The average molecular weight is 190 g/mol. The predicted molar refractivity (Wildman–Crippen MR) is 28.1 cm³/mol. The van der Waals surface area contributed by atoms with E-state index in [1.807, 2.05) is 0 Å². The van der Waals surface area contributed by atoms with Crippen molar-refractivity contribution in [3.63, 3.8) is 0 Å². The minimum Gasteiger partial charge on any atom is -0.550 e. The molecule has 0 N–H and O–H groups in total. The topological polar surface area (TPSA) is 80.3 Å². The average Bonchev–Trinajstić information content (AvgIpc) is 1.25. The maximum Gasteiger partial charge on any atom is 2.00 e. The van der Waals surface area contributed by atoms with E-state index in [2.05, 4.69) is 0 Å². The van der Waals surface area contributed by atoms with Crippen LogP contribution in [-0.4, -0.2) is 11.9 Å². The summed E-state index contributed by atoms with van der Waals surface area (Å²) in [6.45, 7) is 1.94. The molecule has 0 aromatic carbocycles. The Kier molecular flexibility index (Phi) is 35.9. The van der Waals surface area contributed by atoms with Gasteiger partial charge < -0.3 is 19.8 Å². The normalized spacial score (nSPS) is 5.00. The van der Waals surface area contributed by atoms with E-state index in [1.54, 1.807) is 0 Å². The molecule has 62 valence electrons. The van der Waals surface area contributed by atoms with Crippen molar-refractivity contribution >= 4 is 11.9 Å². The Hall–Kier alpha value is -0.541. The minimum absolute atomic E-state index is 0. The van der Waals surface area contributed by atoms with Crippen LogP contribution in [0.1, 0.15) is 21.3 Å². The van der Waals surface area contributed by atoms with E-state index in [0.29, 0.717) is 0 Å². The quantitative estimate of drug-likeness (QED) is 0.419. The molecule has 0 aliphatic carbocycles. The van der Waals surface area contributed by atoms with E-state index in [-0.39, 0.29) is 24.5 Å². The fourth-order valence-electron chi connectivity index (χ4n) is 0. The molecule has 0 fully saturated rings. The van der Waals surface area contributed by atoms with Gasteiger partial charge in [0.1, 0.15) is 0 Å². The van der Waals surface area contributed by atoms with E-state index in [1.165, 1.54) is 0 Å². The summed E-state index contributed by atoms with van der Waals surface area (Å²) < 4.78 is 0. The van der Waals surface area contributed by atoms with Crippen LogP contribution < -0.4 is 10.2 Å². The molecule has 0 rings (SSSR count). The third kappa shape index (κ3) is 1070. The summed E-state index contributed by atoms with van der Waals surface area (Å²) in [5, 5.41) is 17.8. The predicted octanol–water partition coefficient (Wildman–Crippen LogP) is -1.85. The summed E-state index contributed by atoms with van der Waals surface area (Å²) >= 11 is 0. The van der Waals surface area contributed by atoms with Crippen molar-refractivity contribution in [1.82, 2.24) is 0 Å². The molecular weight excluding hydrogens is 180 g/mol. The Morgan fingerprint density at radius 2 is 1.00 bits per heavy atom. The third-order valence-electron chi connectivity index (χ3n) is 0. The van der Waals surface area contributed by atoms with Crippen molar-refractivity contribution in [2.24, 2.45) is 0 Å². The number of carbonyl (C=O) groups excluding carboxylic acids is 2. The first kappa shape index (κ1) is 22.7. The standard InChI is InChI=1S/2C2H4O2.CH4.Fe/c2*1-2(3)4;;/h2*1H3,(H,3,4);1H4;/q;;;+2/p-2. The van der Waals surface area contributed by atoms with Gasteiger partial charge in [0.2, 0.25) is 0 Å². The first-order valence-electron chi connectivity index (χ1n) is 1.82. The summed E-state index contributed by atoms with van der Waals surface area (Å²) in [4.78, 5) is 17.8. The van der Waals surface area contributed by atoms with Crippen LogP contribution in [0, 0.1) is 0 Å². The SMILES string of the molecule is C.CC(=O)[O-].CC(=O)[O-].[Fe+2]. The molecule has 0 aliphatic heterocycles. The molecule has 0 aromatic heterocycles. The Morgan fingerprint density at radius 1 is 1.00 bits per heavy atom. The summed E-state index contributed by atoms with van der Waals surface area (Å²) in [5.74, 6) is -2.17. The van der Waals surface area contributed by atoms with Gasteiger partial charge in [-0.3, -0.25) is 0 Å². The van der Waals surface area contributed by atoms with Gasteiger partial charge in [0.05, 0.1) is 0 Å². The van der Waals surface area contributed by atoms with Crippen molar-refractivity contribution < 1.29 is 36.9 Å². The smallest absolute Gasteiger partial charge is 0.550 e. The molecule has 0 spiro atoms. The summed E-state index contributed by atoms with van der Waals surface area (Å²) in [5.41, 5.74) is 0. The molecule has 0 atom stereocenters. The number of rotatable bonds is 0. The molecular formula is C5H10FeO4. The van der Waals surface area contributed by atoms with E-state index in [4.69, 9.17) is 19.8 Å². The first-order chi connectivity index (χ1) is 3.46. The van der Waals surface area contributed by atoms with Gasteiger partial charge in [-0.1, -0.05) is 7.43 Å². The molecule has 0 aromatic rings. The molecule has 0 heterocycles. The van der Waals surface area contributed by atoms with Gasteiger partial charge in [-0.15, -0.1) is 0 Å². The fraction of sp³-hybridized carbons (Fsp3) is 0.600. The number of carboxylic acids is 2. The van der Waals surface area contributed by atoms with E-state index in [9.17, 15) is 0 Å². The maximum atomic E-state index is 8.89. The molecule has 10 heavy (non-hydrogen) atoms. The molecule has 5 heteroatoms. The van der Waals surface area contributed by atoms with Crippen LogP contribution in [0.15, 0.2) is 0 Å². The summed E-state index contributed by atoms with van der Waals surface area (Å²) in [7, 11) is 0. The molecule has 4 nitrogen and oxygen atoms in total. The van der Waals surface area contributed by atoms with Crippen LogP contribution in [0.3, 0.4) is 0 Å². The van der Waals surface area contributed by atoms with Crippen LogP contribution >= 0.6 is 0 Å². The molecule has 0 saturated carbocycles. The van der Waals surface area contributed by atoms with Crippen molar-refractivity contribution in [1.29, 1.82) is 0 Å². The molecule has 0 saturated heterocycles. The van der Waals surface area contributed by atoms with Gasteiger partial charge in [0.15, 0.2) is 0 Å². The van der Waals surface area contributed by atoms with Gasteiger partial charge in [0, 0.05) is 11.9 Å². The van der Waals surface area contributed by atoms with Crippen LogP contribution in [0.5, 0.6) is 0 Å². The molecule has 0 bridgehead atoms. The van der Waals surface area contributed by atoms with Crippen LogP contribution in [0.25, 0.3) is 0 Å². The monoisotopic (exact) mass is 190 g/mol. The zero-order valence-corrected chi connectivity index (χ0v) is 6.09. The van der Waals surface area contributed by atoms with Crippen molar-refractivity contribution in [2.45, 2.75) is 21.3 Å². The Morgan fingerprint density at radius 3 is 1.00 bits per heavy atom. The molecule has 0 unspecified atom stereocenters. The van der Waals surface area contributed by atoms with E-state index >= 15 is 0 Å². The zero-order chi connectivity index (χ0) is 7.15. The first-order valence-corrected chi connectivity index (χ1v) is 1.82. The second-order valence-corrected chi connectivity index (χ2v) is 0.983. The maximum absolute atomic E-state index is 8.89. The van der Waals surface area contributed by atoms with Gasteiger partial charge in [0.25, 0.3) is 0 Å². The summed E-state index contributed by atoms with van der Waals surface area (Å²) in [6.07, 6.45) is 0. The van der Waals surface area contributed by atoms with E-state index < -0.39 is 11.9 Å². The molecule has 0 radical (unpaired) electrons. The Bertz CT molecular complexity index is 71.6. The number of carbonyl (C=O) groups is 2. The molecule has 0 aliphatic rings. The van der Waals surface area contributed by atoms with Crippen LogP contribution in [0.4, 0.5) is 0 Å². The van der Waals surface area contributed by atoms with Gasteiger partial charge in [-0.25, -0.2) is 0 Å². The van der Waals surface area contributed by atoms with Crippen LogP contribution in [-0.2, 0) is 26.7 Å². The Balaban J connectivity index is -0.0000000300. The van der Waals surface area contributed by atoms with Gasteiger partial charge in [-0.05, 0) is 13.8 Å². The van der Waals surface area contributed by atoms with Gasteiger partial charge in [-0.2, -0.15) is 0 Å². The third-order valence-corrected chi connectivity index (χ3v) is 0. The number of aliphatic carboxylic acids is 2.